The van der Waals surface area contributed by atoms with Crippen molar-refractivity contribution in [2.75, 3.05) is 20.2 Å². The number of aromatic nitrogens is 1. The average Bonchev–Trinajstić information content (AvgIpc) is 2.15. The molecule has 0 aliphatic heterocycles. The van der Waals surface area contributed by atoms with Crippen molar-refractivity contribution in [2.45, 2.75) is 13.5 Å². The summed E-state index contributed by atoms with van der Waals surface area (Å²) in [6.07, 6.45) is 1.86. The van der Waals surface area contributed by atoms with Crippen molar-refractivity contribution < 1.29 is 4.74 Å². The molecule has 0 aliphatic carbocycles. The third-order valence-corrected chi connectivity index (χ3v) is 1.72. The van der Waals surface area contributed by atoms with Gasteiger partial charge in [-0.1, -0.05) is 6.07 Å². The molecule has 1 aromatic heterocycles. The summed E-state index contributed by atoms with van der Waals surface area (Å²) in [5.74, 6) is 0. The monoisotopic (exact) mass is 180 g/mol. The van der Waals surface area contributed by atoms with Gasteiger partial charge in [-0.3, -0.25) is 4.98 Å². The Bertz CT molecular complexity index is 233. The lowest BCUT2D eigenvalue weighted by molar-refractivity contribution is 0.121. The molecule has 3 heteroatoms. The van der Waals surface area contributed by atoms with Gasteiger partial charge in [-0.25, -0.2) is 0 Å². The minimum absolute atomic E-state index is 0.599. The second-order valence-electron chi connectivity index (χ2n) is 2.98. The first-order chi connectivity index (χ1) is 6.33. The Morgan fingerprint density at radius 1 is 1.46 bits per heavy atom. The van der Waals surface area contributed by atoms with Gasteiger partial charge in [0.25, 0.3) is 0 Å². The van der Waals surface area contributed by atoms with Crippen LogP contribution in [-0.2, 0) is 11.3 Å². The zero-order valence-corrected chi connectivity index (χ0v) is 8.21. The highest BCUT2D eigenvalue weighted by molar-refractivity contribution is 5.11. The first-order valence-electron chi connectivity index (χ1n) is 4.47. The molecule has 0 radical (unpaired) electrons. The summed E-state index contributed by atoms with van der Waals surface area (Å²) in [5, 5.41) is 3.02. The van der Waals surface area contributed by atoms with Gasteiger partial charge in [0.1, 0.15) is 0 Å². The van der Waals surface area contributed by atoms with Crippen molar-refractivity contribution in [3.63, 3.8) is 0 Å². The predicted molar refractivity (Wildman–Crippen MR) is 52.6 cm³/mol. The third kappa shape index (κ3) is 4.01. The number of hydrogen-bond acceptors (Lipinski definition) is 3. The Hall–Kier alpha value is -0.930. The van der Waals surface area contributed by atoms with Gasteiger partial charge >= 0.3 is 0 Å². The molecule has 1 N–H and O–H groups in total. The molecule has 0 amide bonds. The zero-order valence-electron chi connectivity index (χ0n) is 8.21. The lowest BCUT2D eigenvalue weighted by atomic mass is 10.3. The Kier molecular flexibility index (Phi) is 4.43. The third-order valence-electron chi connectivity index (χ3n) is 1.72. The molecule has 0 fully saturated rings. The Balaban J connectivity index is 2.25. The molecular formula is C10H16N2O. The normalized spacial score (nSPS) is 10.3. The topological polar surface area (TPSA) is 34.1 Å². The maximum Gasteiger partial charge on any atom is 0.0888 e. The van der Waals surface area contributed by atoms with E-state index in [4.69, 9.17) is 4.74 Å². The van der Waals surface area contributed by atoms with Crippen molar-refractivity contribution in [3.8, 4) is 0 Å². The van der Waals surface area contributed by atoms with Gasteiger partial charge in [0.15, 0.2) is 0 Å². The molecule has 0 aliphatic rings. The van der Waals surface area contributed by atoms with E-state index in [1.54, 1.807) is 0 Å². The van der Waals surface area contributed by atoms with Crippen molar-refractivity contribution in [1.82, 2.24) is 10.3 Å². The van der Waals surface area contributed by atoms with Gasteiger partial charge in [-0.2, -0.15) is 0 Å². The lowest BCUT2D eigenvalue weighted by Gasteiger charge is -2.03. The zero-order chi connectivity index (χ0) is 9.52. The van der Waals surface area contributed by atoms with Gasteiger partial charge in [0.2, 0.25) is 0 Å². The van der Waals surface area contributed by atoms with Crippen LogP contribution in [-0.4, -0.2) is 25.2 Å². The van der Waals surface area contributed by atoms with Crippen LogP contribution in [0.2, 0.25) is 0 Å². The van der Waals surface area contributed by atoms with E-state index in [2.05, 4.69) is 10.3 Å². The molecule has 0 saturated carbocycles. The molecule has 0 bridgehead atoms. The highest BCUT2D eigenvalue weighted by Gasteiger charge is 1.93. The van der Waals surface area contributed by atoms with E-state index in [0.29, 0.717) is 6.61 Å². The number of aryl methyl sites for hydroxylation is 1. The number of nitrogens with zero attached hydrogens (tertiary/aromatic N) is 1. The number of hydrogen-bond donors (Lipinski definition) is 1. The molecule has 3 nitrogen and oxygen atoms in total. The van der Waals surface area contributed by atoms with Crippen LogP contribution >= 0.6 is 0 Å². The number of rotatable bonds is 5. The highest BCUT2D eigenvalue weighted by atomic mass is 16.5. The van der Waals surface area contributed by atoms with Crippen LogP contribution in [0.5, 0.6) is 0 Å². The standard InChI is InChI=1S/C10H16N2O/c1-9-3-4-10(12-7-9)8-13-6-5-11-2/h3-4,7,11H,5-6,8H2,1-2H3. The largest absolute Gasteiger partial charge is 0.374 e. The number of nitrogens with one attached hydrogen (secondary N) is 1. The molecule has 72 valence electrons. The van der Waals surface area contributed by atoms with E-state index in [-0.39, 0.29) is 0 Å². The van der Waals surface area contributed by atoms with E-state index < -0.39 is 0 Å². The van der Waals surface area contributed by atoms with Crippen LogP contribution in [0.15, 0.2) is 18.3 Å². The summed E-state index contributed by atoms with van der Waals surface area (Å²) in [6, 6.07) is 4.04. The van der Waals surface area contributed by atoms with Gasteiger partial charge < -0.3 is 10.1 Å². The molecule has 13 heavy (non-hydrogen) atoms. The van der Waals surface area contributed by atoms with Gasteiger partial charge in [-0.15, -0.1) is 0 Å². The maximum atomic E-state index is 5.37. The van der Waals surface area contributed by atoms with Crippen molar-refractivity contribution in [2.24, 2.45) is 0 Å². The Morgan fingerprint density at radius 3 is 2.92 bits per heavy atom. The average molecular weight is 180 g/mol. The Labute approximate surface area is 79.1 Å². The SMILES string of the molecule is CNCCOCc1ccc(C)cn1. The fourth-order valence-electron chi connectivity index (χ4n) is 0.935. The van der Waals surface area contributed by atoms with Crippen LogP contribution < -0.4 is 5.32 Å². The summed E-state index contributed by atoms with van der Waals surface area (Å²) >= 11 is 0. The molecular weight excluding hydrogens is 164 g/mol. The van der Waals surface area contributed by atoms with Crippen LogP contribution in [0.3, 0.4) is 0 Å². The fourth-order valence-corrected chi connectivity index (χ4v) is 0.935. The van der Waals surface area contributed by atoms with Gasteiger partial charge in [-0.05, 0) is 25.6 Å². The number of likely N-dealkylation sites (N-methyl/N-ethyl adjacent to an activating group) is 1. The highest BCUT2D eigenvalue weighted by Crippen LogP contribution is 1.99. The fraction of sp³-hybridized carbons (Fsp3) is 0.500. The molecule has 1 rings (SSSR count). The van der Waals surface area contributed by atoms with E-state index in [1.807, 2.05) is 32.3 Å². The van der Waals surface area contributed by atoms with Gasteiger partial charge in [0.05, 0.1) is 18.9 Å². The van der Waals surface area contributed by atoms with Gasteiger partial charge in [0, 0.05) is 12.7 Å². The molecule has 1 heterocycles. The maximum absolute atomic E-state index is 5.37. The predicted octanol–water partition coefficient (Wildman–Crippen LogP) is 1.13. The number of ether oxygens (including phenoxy) is 1. The second kappa shape index (κ2) is 5.67. The molecule has 0 saturated heterocycles. The summed E-state index contributed by atoms with van der Waals surface area (Å²) in [4.78, 5) is 4.23. The number of pyridine rings is 1. The molecule has 0 unspecified atom stereocenters. The van der Waals surface area contributed by atoms with Crippen LogP contribution in [0.25, 0.3) is 0 Å². The van der Waals surface area contributed by atoms with E-state index in [0.717, 1.165) is 18.8 Å². The molecule has 0 atom stereocenters. The summed E-state index contributed by atoms with van der Waals surface area (Å²) in [6.45, 7) is 4.23. The van der Waals surface area contributed by atoms with Crippen LogP contribution in [0, 0.1) is 6.92 Å². The quantitative estimate of drug-likeness (QED) is 0.690. The van der Waals surface area contributed by atoms with E-state index in [1.165, 1.54) is 5.56 Å². The minimum atomic E-state index is 0.599. The summed E-state index contributed by atoms with van der Waals surface area (Å²) < 4.78 is 5.37. The molecule has 0 spiro atoms. The van der Waals surface area contributed by atoms with Crippen molar-refractivity contribution >= 4 is 0 Å². The first-order valence-corrected chi connectivity index (χ1v) is 4.47. The first kappa shape index (κ1) is 10.2. The second-order valence-corrected chi connectivity index (χ2v) is 2.98. The molecule has 0 aromatic carbocycles. The molecule has 1 aromatic rings. The van der Waals surface area contributed by atoms with Crippen molar-refractivity contribution in [1.29, 1.82) is 0 Å². The lowest BCUT2D eigenvalue weighted by Crippen LogP contribution is -2.14. The minimum Gasteiger partial charge on any atom is -0.374 e. The summed E-state index contributed by atoms with van der Waals surface area (Å²) in [7, 11) is 1.91. The van der Waals surface area contributed by atoms with Crippen molar-refractivity contribution in [3.05, 3.63) is 29.6 Å². The van der Waals surface area contributed by atoms with Crippen LogP contribution in [0.1, 0.15) is 11.3 Å². The van der Waals surface area contributed by atoms with Crippen LogP contribution in [0.4, 0.5) is 0 Å². The Morgan fingerprint density at radius 2 is 2.31 bits per heavy atom. The van der Waals surface area contributed by atoms with E-state index >= 15 is 0 Å². The summed E-state index contributed by atoms with van der Waals surface area (Å²) in [5.41, 5.74) is 2.17. The smallest absolute Gasteiger partial charge is 0.0888 e. The van der Waals surface area contributed by atoms with E-state index in [9.17, 15) is 0 Å².